The van der Waals surface area contributed by atoms with Crippen molar-refractivity contribution in [3.8, 4) is 0 Å². The lowest BCUT2D eigenvalue weighted by Gasteiger charge is -2.03. The van der Waals surface area contributed by atoms with Crippen LogP contribution in [0.1, 0.15) is 28.4 Å². The Hall–Kier alpha value is -2.09. The topological polar surface area (TPSA) is 43.1 Å². The molecule has 0 aliphatic rings. The highest BCUT2D eigenvalue weighted by Gasteiger charge is 2.08. The Morgan fingerprint density at radius 3 is 2.35 bits per heavy atom. The van der Waals surface area contributed by atoms with E-state index in [1.165, 1.54) is 5.56 Å². The molecule has 0 saturated carbocycles. The highest BCUT2D eigenvalue weighted by atomic mass is 16.1. The molecule has 86 valence electrons. The average molecular weight is 225 g/mol. The van der Waals surface area contributed by atoms with E-state index < -0.39 is 0 Å². The molecule has 2 N–H and O–H groups in total. The first-order valence-electron chi connectivity index (χ1n) is 5.70. The summed E-state index contributed by atoms with van der Waals surface area (Å²) in [7, 11) is 0. The van der Waals surface area contributed by atoms with Crippen molar-refractivity contribution in [1.82, 2.24) is 0 Å². The van der Waals surface area contributed by atoms with E-state index in [0.29, 0.717) is 16.8 Å². The quantitative estimate of drug-likeness (QED) is 0.644. The van der Waals surface area contributed by atoms with Crippen molar-refractivity contribution in [2.45, 2.75) is 13.3 Å². The van der Waals surface area contributed by atoms with Gasteiger partial charge in [-0.25, -0.2) is 0 Å². The van der Waals surface area contributed by atoms with E-state index in [2.05, 4.69) is 6.92 Å². The number of rotatable bonds is 3. The Kier molecular flexibility index (Phi) is 3.24. The van der Waals surface area contributed by atoms with Gasteiger partial charge in [0.15, 0.2) is 5.78 Å². The number of carbonyl (C=O) groups is 1. The molecule has 0 heterocycles. The molecule has 0 aliphatic heterocycles. The van der Waals surface area contributed by atoms with Crippen molar-refractivity contribution in [3.05, 3.63) is 65.2 Å². The summed E-state index contributed by atoms with van der Waals surface area (Å²) >= 11 is 0. The maximum atomic E-state index is 12.1. The van der Waals surface area contributed by atoms with Gasteiger partial charge in [-0.15, -0.1) is 0 Å². The average Bonchev–Trinajstić information content (AvgIpc) is 2.38. The molecule has 17 heavy (non-hydrogen) atoms. The predicted molar refractivity (Wildman–Crippen MR) is 70.1 cm³/mol. The monoisotopic (exact) mass is 225 g/mol. The van der Waals surface area contributed by atoms with Crippen LogP contribution in [0.2, 0.25) is 0 Å². The van der Waals surface area contributed by atoms with Crippen LogP contribution in [0.25, 0.3) is 0 Å². The van der Waals surface area contributed by atoms with Crippen LogP contribution < -0.4 is 5.73 Å². The SMILES string of the molecule is CCc1ccc(C(=O)c2cccc(N)c2)cc1. The molecule has 2 aromatic carbocycles. The van der Waals surface area contributed by atoms with Crippen LogP contribution in [0.15, 0.2) is 48.5 Å². The Morgan fingerprint density at radius 2 is 1.76 bits per heavy atom. The standard InChI is InChI=1S/C15H15NO/c1-2-11-6-8-12(9-7-11)15(17)13-4-3-5-14(16)10-13/h3-10H,2,16H2,1H3. The molecule has 2 nitrogen and oxygen atoms in total. The first-order valence-corrected chi connectivity index (χ1v) is 5.70. The molecule has 0 aliphatic carbocycles. The van der Waals surface area contributed by atoms with Crippen molar-refractivity contribution in [1.29, 1.82) is 0 Å². The Balaban J connectivity index is 2.30. The fraction of sp³-hybridized carbons (Fsp3) is 0.133. The molecular formula is C15H15NO. The van der Waals surface area contributed by atoms with Gasteiger partial charge in [0.25, 0.3) is 0 Å². The lowest BCUT2D eigenvalue weighted by Crippen LogP contribution is -2.02. The highest BCUT2D eigenvalue weighted by molar-refractivity contribution is 6.09. The van der Waals surface area contributed by atoms with Gasteiger partial charge >= 0.3 is 0 Å². The minimum absolute atomic E-state index is 0.0138. The predicted octanol–water partition coefficient (Wildman–Crippen LogP) is 3.06. The first kappa shape index (κ1) is 11.4. The van der Waals surface area contributed by atoms with E-state index in [4.69, 9.17) is 5.73 Å². The number of anilines is 1. The second-order valence-electron chi connectivity index (χ2n) is 4.01. The molecule has 2 rings (SSSR count). The lowest BCUT2D eigenvalue weighted by atomic mass is 10.0. The van der Waals surface area contributed by atoms with E-state index >= 15 is 0 Å². The van der Waals surface area contributed by atoms with E-state index in [1.807, 2.05) is 24.3 Å². The molecule has 0 saturated heterocycles. The minimum Gasteiger partial charge on any atom is -0.399 e. The zero-order chi connectivity index (χ0) is 12.3. The van der Waals surface area contributed by atoms with Crippen molar-refractivity contribution in [3.63, 3.8) is 0 Å². The number of nitrogen functional groups attached to an aromatic ring is 1. The van der Waals surface area contributed by atoms with Gasteiger partial charge in [-0.3, -0.25) is 4.79 Å². The Labute approximate surface area is 101 Å². The van der Waals surface area contributed by atoms with E-state index in [1.54, 1.807) is 24.3 Å². The molecule has 0 fully saturated rings. The van der Waals surface area contributed by atoms with Gasteiger partial charge in [0.05, 0.1) is 0 Å². The van der Waals surface area contributed by atoms with Crippen molar-refractivity contribution < 1.29 is 4.79 Å². The summed E-state index contributed by atoms with van der Waals surface area (Å²) in [4.78, 5) is 12.1. The molecule has 0 unspecified atom stereocenters. The van der Waals surface area contributed by atoms with Gasteiger partial charge < -0.3 is 5.73 Å². The van der Waals surface area contributed by atoms with Gasteiger partial charge in [0.2, 0.25) is 0 Å². The number of nitrogens with two attached hydrogens (primary N) is 1. The summed E-state index contributed by atoms with van der Waals surface area (Å²) in [5.41, 5.74) is 8.85. The van der Waals surface area contributed by atoms with Crippen molar-refractivity contribution in [2.24, 2.45) is 0 Å². The highest BCUT2D eigenvalue weighted by Crippen LogP contribution is 2.13. The molecule has 2 aromatic rings. The molecule has 0 spiro atoms. The largest absolute Gasteiger partial charge is 0.399 e. The van der Waals surface area contributed by atoms with Crippen LogP contribution in [-0.2, 0) is 6.42 Å². The minimum atomic E-state index is 0.0138. The normalized spacial score (nSPS) is 10.2. The first-order chi connectivity index (χ1) is 8.20. The molecule has 0 bridgehead atoms. The van der Waals surface area contributed by atoms with E-state index in [-0.39, 0.29) is 5.78 Å². The van der Waals surface area contributed by atoms with Gasteiger partial charge in [-0.1, -0.05) is 43.3 Å². The fourth-order valence-electron chi connectivity index (χ4n) is 1.74. The molecule has 2 heteroatoms. The van der Waals surface area contributed by atoms with Crippen LogP contribution in [-0.4, -0.2) is 5.78 Å². The summed E-state index contributed by atoms with van der Waals surface area (Å²) in [6.45, 7) is 2.09. The van der Waals surface area contributed by atoms with Crippen LogP contribution in [0.4, 0.5) is 5.69 Å². The Morgan fingerprint density at radius 1 is 1.06 bits per heavy atom. The van der Waals surface area contributed by atoms with Crippen LogP contribution in [0, 0.1) is 0 Å². The second kappa shape index (κ2) is 4.83. The zero-order valence-corrected chi connectivity index (χ0v) is 9.81. The molecule has 0 aromatic heterocycles. The van der Waals surface area contributed by atoms with E-state index in [0.717, 1.165) is 6.42 Å². The number of hydrogen-bond acceptors (Lipinski definition) is 2. The smallest absolute Gasteiger partial charge is 0.193 e. The summed E-state index contributed by atoms with van der Waals surface area (Å²) in [6, 6.07) is 14.8. The maximum absolute atomic E-state index is 12.1. The Bertz CT molecular complexity index is 529. The number of ketones is 1. The number of hydrogen-bond donors (Lipinski definition) is 1. The molecule has 0 atom stereocenters. The fourth-order valence-corrected chi connectivity index (χ4v) is 1.74. The van der Waals surface area contributed by atoms with Gasteiger partial charge in [-0.2, -0.15) is 0 Å². The third-order valence-corrected chi connectivity index (χ3v) is 2.77. The van der Waals surface area contributed by atoms with Crippen LogP contribution >= 0.6 is 0 Å². The summed E-state index contributed by atoms with van der Waals surface area (Å²) < 4.78 is 0. The number of carbonyl (C=O) groups excluding carboxylic acids is 1. The van der Waals surface area contributed by atoms with Crippen molar-refractivity contribution >= 4 is 11.5 Å². The molecular weight excluding hydrogens is 210 g/mol. The summed E-state index contributed by atoms with van der Waals surface area (Å²) in [6.07, 6.45) is 0.979. The molecule has 0 radical (unpaired) electrons. The zero-order valence-electron chi connectivity index (χ0n) is 9.81. The van der Waals surface area contributed by atoms with Crippen molar-refractivity contribution in [2.75, 3.05) is 5.73 Å². The van der Waals surface area contributed by atoms with Gasteiger partial charge in [0.1, 0.15) is 0 Å². The maximum Gasteiger partial charge on any atom is 0.193 e. The van der Waals surface area contributed by atoms with E-state index in [9.17, 15) is 4.79 Å². The van der Waals surface area contributed by atoms with Crippen LogP contribution in [0.5, 0.6) is 0 Å². The summed E-state index contributed by atoms with van der Waals surface area (Å²) in [5, 5.41) is 0. The number of benzene rings is 2. The van der Waals surface area contributed by atoms with Gasteiger partial charge in [0, 0.05) is 16.8 Å². The second-order valence-corrected chi connectivity index (χ2v) is 4.01. The summed E-state index contributed by atoms with van der Waals surface area (Å²) in [5.74, 6) is 0.0138. The van der Waals surface area contributed by atoms with Crippen LogP contribution in [0.3, 0.4) is 0 Å². The van der Waals surface area contributed by atoms with Gasteiger partial charge in [-0.05, 0) is 24.1 Å². The third kappa shape index (κ3) is 2.53. The third-order valence-electron chi connectivity index (χ3n) is 2.77. The lowest BCUT2D eigenvalue weighted by molar-refractivity contribution is 0.103. The number of aryl methyl sites for hydroxylation is 1. The molecule has 0 amide bonds.